The first kappa shape index (κ1) is 44.6. The normalized spacial score (nSPS) is 20.9. The Balaban J connectivity index is 3.05. The minimum Gasteiger partial charge on any atom is -0.463 e. The van der Waals surface area contributed by atoms with Crippen LogP contribution in [0.4, 0.5) is 4.79 Å². The van der Waals surface area contributed by atoms with E-state index in [1.165, 1.54) is 51.4 Å². The van der Waals surface area contributed by atoms with Crippen molar-refractivity contribution >= 4 is 35.9 Å². The van der Waals surface area contributed by atoms with Crippen LogP contribution < -0.4 is 10.6 Å². The van der Waals surface area contributed by atoms with E-state index in [4.69, 9.17) is 28.4 Å². The smallest absolute Gasteiger partial charge is 0.409 e. The van der Waals surface area contributed by atoms with Crippen LogP contribution in [0.15, 0.2) is 0 Å². The van der Waals surface area contributed by atoms with Crippen LogP contribution in [0.5, 0.6) is 0 Å². The zero-order valence-electron chi connectivity index (χ0n) is 31.5. The number of nitrogens with one attached hydrogen (secondary N) is 2. The largest absolute Gasteiger partial charge is 0.463 e. The van der Waals surface area contributed by atoms with Crippen molar-refractivity contribution in [1.29, 1.82) is 0 Å². The first-order valence-electron chi connectivity index (χ1n) is 18.1. The average molecular weight is 715 g/mol. The zero-order valence-corrected chi connectivity index (χ0v) is 31.5. The van der Waals surface area contributed by atoms with Crippen molar-refractivity contribution in [3.63, 3.8) is 0 Å². The number of esters is 4. The molecule has 288 valence electrons. The van der Waals surface area contributed by atoms with Gasteiger partial charge < -0.3 is 39.1 Å². The molecule has 0 bridgehead atoms. The molecule has 1 saturated heterocycles. The summed E-state index contributed by atoms with van der Waals surface area (Å²) in [4.78, 5) is 74.6. The minimum atomic E-state index is -1.62. The molecule has 0 radical (unpaired) electrons. The lowest BCUT2D eigenvalue weighted by Gasteiger charge is -2.44. The molecule has 0 aromatic heterocycles. The SMILES string of the molecule is CCCCCCCCCCCCCCC[C@@H](NC(=O)OC(C)(C)C)NC(=O)[C@@H]1O[C@H](COC(C)=O)[C@H](OC(C)=O)[C@H](OC(C)=O)[C@H]1OC(C)=O. The van der Waals surface area contributed by atoms with Gasteiger partial charge in [-0.1, -0.05) is 84.0 Å². The Morgan fingerprint density at radius 3 is 1.54 bits per heavy atom. The maximum atomic E-state index is 13.9. The second-order valence-corrected chi connectivity index (χ2v) is 13.9. The standard InChI is InChI=1S/C36H62N2O12/c1-9-10-11-12-13-14-15-16-17-18-19-20-21-22-29(38-35(44)50-36(6,7)8)37-34(43)33-32(48-27(5)42)31(47-26(4)41)30(46-25(3)40)28(49-33)23-45-24(2)39/h28-33H,9-23H2,1-8H3,(H,37,43)(H,38,44)/t28-,29-,30+,31+,32-,33-/m1/s1. The Bertz CT molecular complexity index is 1080. The molecule has 0 aliphatic carbocycles. The fraction of sp³-hybridized carbons (Fsp3) is 0.833. The molecule has 0 aromatic carbocycles. The van der Waals surface area contributed by atoms with E-state index in [-0.39, 0.29) is 0 Å². The Morgan fingerprint density at radius 2 is 1.08 bits per heavy atom. The highest BCUT2D eigenvalue weighted by molar-refractivity contribution is 5.83. The second kappa shape index (κ2) is 23.9. The highest BCUT2D eigenvalue weighted by Gasteiger charge is 2.54. The van der Waals surface area contributed by atoms with E-state index >= 15 is 0 Å². The van der Waals surface area contributed by atoms with Gasteiger partial charge in [-0.25, -0.2) is 4.79 Å². The molecule has 6 atom stereocenters. The monoisotopic (exact) mass is 714 g/mol. The molecule has 2 N–H and O–H groups in total. The molecule has 14 nitrogen and oxygen atoms in total. The van der Waals surface area contributed by atoms with Crippen LogP contribution in [0.3, 0.4) is 0 Å². The average Bonchev–Trinajstić information content (AvgIpc) is 2.98. The second-order valence-electron chi connectivity index (χ2n) is 13.9. The molecule has 1 rings (SSSR count). The van der Waals surface area contributed by atoms with E-state index in [9.17, 15) is 28.8 Å². The molecule has 0 spiro atoms. The van der Waals surface area contributed by atoms with Gasteiger partial charge in [0.05, 0.1) is 0 Å². The summed E-state index contributed by atoms with van der Waals surface area (Å²) in [5.74, 6) is -3.93. The lowest BCUT2D eigenvalue weighted by atomic mass is 9.93. The highest BCUT2D eigenvalue weighted by Crippen LogP contribution is 2.30. The molecule has 1 fully saturated rings. The van der Waals surface area contributed by atoms with Crippen LogP contribution in [-0.2, 0) is 52.4 Å². The van der Waals surface area contributed by atoms with E-state index in [1.54, 1.807) is 20.8 Å². The summed E-state index contributed by atoms with van der Waals surface area (Å²) in [6.07, 6.45) is 6.40. The molecule has 0 saturated carbocycles. The van der Waals surface area contributed by atoms with Crippen molar-refractivity contribution in [3.05, 3.63) is 0 Å². The van der Waals surface area contributed by atoms with Gasteiger partial charge in [0, 0.05) is 27.7 Å². The number of ether oxygens (including phenoxy) is 6. The van der Waals surface area contributed by atoms with Gasteiger partial charge in [0.25, 0.3) is 5.91 Å². The number of carbonyl (C=O) groups is 6. The maximum absolute atomic E-state index is 13.9. The maximum Gasteiger partial charge on any atom is 0.409 e. The minimum absolute atomic E-state index is 0.355. The molecule has 1 aliphatic heterocycles. The number of hydrogen-bond donors (Lipinski definition) is 2. The van der Waals surface area contributed by atoms with Crippen LogP contribution in [0.1, 0.15) is 145 Å². The summed E-state index contributed by atoms with van der Waals surface area (Å²) < 4.78 is 32.7. The number of rotatable bonds is 22. The van der Waals surface area contributed by atoms with E-state index in [0.29, 0.717) is 12.8 Å². The summed E-state index contributed by atoms with van der Waals surface area (Å²) in [5, 5.41) is 5.43. The fourth-order valence-electron chi connectivity index (χ4n) is 5.69. The lowest BCUT2D eigenvalue weighted by Crippen LogP contribution is -2.66. The Morgan fingerprint density at radius 1 is 0.620 bits per heavy atom. The van der Waals surface area contributed by atoms with E-state index < -0.39 is 84.8 Å². The number of carbonyl (C=O) groups excluding carboxylic acids is 6. The van der Waals surface area contributed by atoms with Gasteiger partial charge in [-0.3, -0.25) is 24.0 Å². The summed E-state index contributed by atoms with van der Waals surface area (Å²) in [6, 6.07) is 0. The van der Waals surface area contributed by atoms with Crippen molar-refractivity contribution in [2.75, 3.05) is 6.61 Å². The number of amides is 2. The van der Waals surface area contributed by atoms with Crippen molar-refractivity contribution in [1.82, 2.24) is 10.6 Å². The van der Waals surface area contributed by atoms with Crippen LogP contribution in [0.25, 0.3) is 0 Å². The van der Waals surface area contributed by atoms with Gasteiger partial charge in [0.2, 0.25) is 0 Å². The van der Waals surface area contributed by atoms with Gasteiger partial charge in [0.15, 0.2) is 24.4 Å². The van der Waals surface area contributed by atoms with E-state index in [2.05, 4.69) is 17.6 Å². The Labute approximate surface area is 297 Å². The van der Waals surface area contributed by atoms with E-state index in [1.807, 2.05) is 0 Å². The number of alkyl carbamates (subject to hydrolysis) is 1. The van der Waals surface area contributed by atoms with Crippen molar-refractivity contribution < 1.29 is 57.2 Å². The van der Waals surface area contributed by atoms with Crippen molar-refractivity contribution in [2.45, 2.75) is 188 Å². The Kier molecular flexibility index (Phi) is 21.3. The first-order chi connectivity index (χ1) is 23.5. The summed E-state index contributed by atoms with van der Waals surface area (Å²) in [6.45, 7) is 11.3. The zero-order chi connectivity index (χ0) is 37.7. The third-order valence-corrected chi connectivity index (χ3v) is 7.85. The first-order valence-corrected chi connectivity index (χ1v) is 18.1. The third-order valence-electron chi connectivity index (χ3n) is 7.85. The highest BCUT2D eigenvalue weighted by atomic mass is 16.7. The van der Waals surface area contributed by atoms with Gasteiger partial charge in [-0.2, -0.15) is 0 Å². The molecule has 0 aromatic rings. The van der Waals surface area contributed by atoms with Gasteiger partial charge in [0.1, 0.15) is 24.5 Å². The third kappa shape index (κ3) is 19.7. The van der Waals surface area contributed by atoms with Crippen LogP contribution in [0, 0.1) is 0 Å². The van der Waals surface area contributed by atoms with Crippen LogP contribution in [0.2, 0.25) is 0 Å². The Hall–Kier alpha value is -3.42. The summed E-state index contributed by atoms with van der Waals surface area (Å²) >= 11 is 0. The topological polar surface area (TPSA) is 182 Å². The fourth-order valence-corrected chi connectivity index (χ4v) is 5.69. The molecule has 1 heterocycles. The molecular formula is C36H62N2O12. The summed E-state index contributed by atoms with van der Waals surface area (Å²) in [7, 11) is 0. The molecule has 50 heavy (non-hydrogen) atoms. The van der Waals surface area contributed by atoms with Crippen molar-refractivity contribution in [2.24, 2.45) is 0 Å². The lowest BCUT2D eigenvalue weighted by molar-refractivity contribution is -0.249. The number of hydrogen-bond acceptors (Lipinski definition) is 12. The molecule has 14 heteroatoms. The van der Waals surface area contributed by atoms with Crippen LogP contribution >= 0.6 is 0 Å². The van der Waals surface area contributed by atoms with Crippen LogP contribution in [-0.4, -0.2) is 84.8 Å². The number of unbranched alkanes of at least 4 members (excludes halogenated alkanes) is 12. The summed E-state index contributed by atoms with van der Waals surface area (Å²) in [5.41, 5.74) is -0.798. The molecular weight excluding hydrogens is 652 g/mol. The molecule has 2 amide bonds. The molecule has 1 aliphatic rings. The van der Waals surface area contributed by atoms with Gasteiger partial charge in [-0.15, -0.1) is 0 Å². The van der Waals surface area contributed by atoms with E-state index in [0.717, 1.165) is 53.4 Å². The van der Waals surface area contributed by atoms with Gasteiger partial charge in [-0.05, 0) is 33.6 Å². The van der Waals surface area contributed by atoms with Gasteiger partial charge >= 0.3 is 30.0 Å². The predicted molar refractivity (Wildman–Crippen MR) is 184 cm³/mol. The predicted octanol–water partition coefficient (Wildman–Crippen LogP) is 5.56. The quantitative estimate of drug-likeness (QED) is 0.0618. The van der Waals surface area contributed by atoms with Crippen molar-refractivity contribution in [3.8, 4) is 0 Å². The molecule has 0 unspecified atom stereocenters.